The van der Waals surface area contributed by atoms with Gasteiger partial charge in [0.15, 0.2) is 17.3 Å². The van der Waals surface area contributed by atoms with Crippen molar-refractivity contribution in [1.82, 2.24) is 0 Å². The molecule has 0 aromatic heterocycles. The number of aromatic hydroxyl groups is 1. The average molecular weight is 373 g/mol. The standard InChI is InChI=1S/C19H19NO7/c20-19(27)14-10(22)5-6-4-8-13(16(24)11(6)17(14)25)18(26)12-7(15(8)23)2-1-3-9(12)21/h1-3,6,8,10-11,13-15,21-23H,4-5H2,(H2,20,27). The number of phenols is 1. The third-order valence-corrected chi connectivity index (χ3v) is 6.26. The SMILES string of the molecule is NC(=O)C1C(=O)C2C(=O)C3C(=O)c4c(O)cccc4C(O)C3CC2CC1O. The molecule has 3 aliphatic rings. The van der Waals surface area contributed by atoms with Crippen molar-refractivity contribution < 1.29 is 34.5 Å². The predicted molar refractivity (Wildman–Crippen MR) is 89.3 cm³/mol. The Bertz CT molecular complexity index is 879. The Morgan fingerprint density at radius 2 is 1.74 bits per heavy atom. The van der Waals surface area contributed by atoms with E-state index >= 15 is 0 Å². The van der Waals surface area contributed by atoms with Crippen molar-refractivity contribution in [1.29, 1.82) is 0 Å². The summed E-state index contributed by atoms with van der Waals surface area (Å²) < 4.78 is 0. The smallest absolute Gasteiger partial charge is 0.230 e. The minimum Gasteiger partial charge on any atom is -0.507 e. The lowest BCUT2D eigenvalue weighted by Crippen LogP contribution is -2.58. The maximum Gasteiger partial charge on any atom is 0.230 e. The second-order valence-electron chi connectivity index (χ2n) is 7.65. The van der Waals surface area contributed by atoms with Crippen molar-refractivity contribution in [3.05, 3.63) is 29.3 Å². The van der Waals surface area contributed by atoms with Crippen molar-refractivity contribution in [2.24, 2.45) is 35.3 Å². The van der Waals surface area contributed by atoms with Crippen LogP contribution in [-0.2, 0) is 14.4 Å². The number of benzene rings is 1. The molecular weight excluding hydrogens is 354 g/mol. The number of aliphatic hydroxyl groups is 2. The van der Waals surface area contributed by atoms with Crippen molar-refractivity contribution >= 4 is 23.3 Å². The zero-order valence-electron chi connectivity index (χ0n) is 14.2. The van der Waals surface area contributed by atoms with Crippen LogP contribution < -0.4 is 5.73 Å². The van der Waals surface area contributed by atoms with E-state index in [0.29, 0.717) is 0 Å². The first kappa shape index (κ1) is 17.8. The number of nitrogens with two attached hydrogens (primary N) is 1. The highest BCUT2D eigenvalue weighted by atomic mass is 16.3. The van der Waals surface area contributed by atoms with Gasteiger partial charge in [-0.2, -0.15) is 0 Å². The lowest BCUT2D eigenvalue weighted by atomic mass is 9.55. The summed E-state index contributed by atoms with van der Waals surface area (Å²) in [5.41, 5.74) is 5.36. The van der Waals surface area contributed by atoms with Crippen LogP contribution in [0.15, 0.2) is 18.2 Å². The second-order valence-corrected chi connectivity index (χ2v) is 7.65. The molecule has 2 fully saturated rings. The van der Waals surface area contributed by atoms with Crippen LogP contribution in [0, 0.1) is 29.6 Å². The summed E-state index contributed by atoms with van der Waals surface area (Å²) in [5.74, 6) is -8.66. The van der Waals surface area contributed by atoms with Gasteiger partial charge in [0.1, 0.15) is 11.7 Å². The predicted octanol–water partition coefficient (Wildman–Crippen LogP) is -0.505. The molecule has 2 saturated carbocycles. The van der Waals surface area contributed by atoms with Crippen molar-refractivity contribution in [2.75, 3.05) is 0 Å². The molecule has 0 spiro atoms. The number of amides is 1. The number of fused-ring (bicyclic) bond motifs is 3. The molecule has 5 N–H and O–H groups in total. The summed E-state index contributed by atoms with van der Waals surface area (Å²) >= 11 is 0. The zero-order valence-corrected chi connectivity index (χ0v) is 14.2. The molecule has 0 bridgehead atoms. The summed E-state index contributed by atoms with van der Waals surface area (Å²) in [6.45, 7) is 0. The molecule has 142 valence electrons. The van der Waals surface area contributed by atoms with E-state index < -0.39 is 65.1 Å². The Kier molecular flexibility index (Phi) is 3.94. The number of primary amides is 1. The Morgan fingerprint density at radius 1 is 1.04 bits per heavy atom. The van der Waals surface area contributed by atoms with E-state index in [2.05, 4.69) is 0 Å². The molecule has 1 amide bonds. The summed E-state index contributed by atoms with van der Waals surface area (Å²) in [6, 6.07) is 4.32. The third kappa shape index (κ3) is 2.36. The molecule has 7 atom stereocenters. The average Bonchev–Trinajstić information content (AvgIpc) is 2.58. The van der Waals surface area contributed by atoms with Crippen LogP contribution in [0.4, 0.5) is 0 Å². The Balaban J connectivity index is 1.78. The van der Waals surface area contributed by atoms with Crippen molar-refractivity contribution in [3.8, 4) is 5.75 Å². The Morgan fingerprint density at radius 3 is 2.41 bits per heavy atom. The van der Waals surface area contributed by atoms with E-state index in [1.165, 1.54) is 18.2 Å². The molecule has 0 heterocycles. The summed E-state index contributed by atoms with van der Waals surface area (Å²) in [5, 5.41) is 30.9. The lowest BCUT2D eigenvalue weighted by molar-refractivity contribution is -0.156. The van der Waals surface area contributed by atoms with E-state index in [4.69, 9.17) is 5.73 Å². The maximum absolute atomic E-state index is 13.1. The molecule has 27 heavy (non-hydrogen) atoms. The van der Waals surface area contributed by atoms with Gasteiger partial charge < -0.3 is 21.1 Å². The van der Waals surface area contributed by atoms with Gasteiger partial charge in [0.25, 0.3) is 0 Å². The molecular formula is C19H19NO7. The molecule has 8 heteroatoms. The molecule has 1 aromatic carbocycles. The fraction of sp³-hybridized carbons (Fsp3) is 0.474. The van der Waals surface area contributed by atoms with Gasteiger partial charge >= 0.3 is 0 Å². The molecule has 0 radical (unpaired) electrons. The molecule has 0 saturated heterocycles. The molecule has 1 aromatic rings. The number of ketones is 3. The van der Waals surface area contributed by atoms with E-state index in [-0.39, 0.29) is 29.7 Å². The molecule has 8 nitrogen and oxygen atoms in total. The van der Waals surface area contributed by atoms with E-state index in [0.717, 1.165) is 0 Å². The first-order valence-corrected chi connectivity index (χ1v) is 8.83. The monoisotopic (exact) mass is 373 g/mol. The van der Waals surface area contributed by atoms with Crippen LogP contribution in [-0.4, -0.2) is 44.7 Å². The van der Waals surface area contributed by atoms with Gasteiger partial charge in [-0.3, -0.25) is 19.2 Å². The minimum absolute atomic E-state index is 0.0206. The number of carbonyl (C=O) groups is 4. The van der Waals surface area contributed by atoms with Crippen LogP contribution in [0.3, 0.4) is 0 Å². The summed E-state index contributed by atoms with van der Waals surface area (Å²) in [4.78, 5) is 50.3. The largest absolute Gasteiger partial charge is 0.507 e. The van der Waals surface area contributed by atoms with Gasteiger partial charge in [-0.1, -0.05) is 12.1 Å². The van der Waals surface area contributed by atoms with Gasteiger partial charge in [0, 0.05) is 5.92 Å². The van der Waals surface area contributed by atoms with Crippen molar-refractivity contribution in [2.45, 2.75) is 25.0 Å². The summed E-state index contributed by atoms with van der Waals surface area (Å²) in [7, 11) is 0. The topological polar surface area (TPSA) is 155 Å². The van der Waals surface area contributed by atoms with E-state index in [9.17, 15) is 34.5 Å². The third-order valence-electron chi connectivity index (χ3n) is 6.26. The Labute approximate surface area is 154 Å². The quantitative estimate of drug-likeness (QED) is 0.483. The summed E-state index contributed by atoms with van der Waals surface area (Å²) in [6.07, 6.45) is -2.24. The highest BCUT2D eigenvalue weighted by molar-refractivity contribution is 6.21. The first-order chi connectivity index (χ1) is 12.7. The van der Waals surface area contributed by atoms with Crippen LogP contribution in [0.1, 0.15) is 34.9 Å². The van der Waals surface area contributed by atoms with E-state index in [1.54, 1.807) is 0 Å². The second kappa shape index (κ2) is 5.97. The number of carbonyl (C=O) groups excluding carboxylic acids is 4. The van der Waals surface area contributed by atoms with Crippen LogP contribution in [0.2, 0.25) is 0 Å². The number of aliphatic hydroxyl groups excluding tert-OH is 2. The Hall–Kier alpha value is -2.58. The maximum atomic E-state index is 13.1. The van der Waals surface area contributed by atoms with Crippen LogP contribution in [0.5, 0.6) is 5.75 Å². The van der Waals surface area contributed by atoms with Crippen LogP contribution >= 0.6 is 0 Å². The lowest BCUT2D eigenvalue weighted by Gasteiger charge is -2.47. The fourth-order valence-electron chi connectivity index (χ4n) is 5.12. The number of hydrogen-bond acceptors (Lipinski definition) is 7. The number of rotatable bonds is 1. The highest BCUT2D eigenvalue weighted by Gasteiger charge is 2.59. The highest BCUT2D eigenvalue weighted by Crippen LogP contribution is 2.52. The van der Waals surface area contributed by atoms with Gasteiger partial charge in [-0.25, -0.2) is 0 Å². The number of phenolic OH excluding ortho intramolecular Hbond substituents is 1. The molecule has 3 aliphatic carbocycles. The van der Waals surface area contributed by atoms with Gasteiger partial charge in [-0.05, 0) is 30.4 Å². The normalized spacial score (nSPS) is 38.0. The van der Waals surface area contributed by atoms with Gasteiger partial charge in [0.2, 0.25) is 5.91 Å². The number of hydrogen-bond donors (Lipinski definition) is 4. The van der Waals surface area contributed by atoms with Crippen LogP contribution in [0.25, 0.3) is 0 Å². The molecule has 4 rings (SSSR count). The minimum atomic E-state index is -1.48. The molecule has 0 aliphatic heterocycles. The fourth-order valence-corrected chi connectivity index (χ4v) is 5.12. The molecule has 7 unspecified atom stereocenters. The van der Waals surface area contributed by atoms with Gasteiger partial charge in [0.05, 0.1) is 29.6 Å². The van der Waals surface area contributed by atoms with E-state index in [1.807, 2.05) is 0 Å². The van der Waals surface area contributed by atoms with Crippen molar-refractivity contribution in [3.63, 3.8) is 0 Å². The first-order valence-electron chi connectivity index (χ1n) is 8.83. The number of Topliss-reactive ketones (excluding diaryl/α,β-unsaturated/α-hetero) is 3. The zero-order chi connectivity index (χ0) is 19.6. The van der Waals surface area contributed by atoms with Gasteiger partial charge in [-0.15, -0.1) is 0 Å².